The van der Waals surface area contributed by atoms with Crippen LogP contribution in [0, 0.1) is 0 Å². The average molecular weight is 270 g/mol. The standard InChI is InChI=1S/C15H12ClN3/c16-14-9-5-4-8-13(14)15-10-17-18-19(15)11-12-6-2-1-3-7-12/h1-10H,11H2. The molecular formula is C15H12ClN3. The van der Waals surface area contributed by atoms with Gasteiger partial charge in [0.2, 0.25) is 0 Å². The van der Waals surface area contributed by atoms with Crippen molar-refractivity contribution in [2.75, 3.05) is 0 Å². The van der Waals surface area contributed by atoms with E-state index in [0.717, 1.165) is 11.3 Å². The van der Waals surface area contributed by atoms with Gasteiger partial charge in [-0.1, -0.05) is 65.3 Å². The molecule has 0 amide bonds. The second-order valence-corrected chi connectivity index (χ2v) is 4.65. The van der Waals surface area contributed by atoms with Gasteiger partial charge in [0.15, 0.2) is 0 Å². The lowest BCUT2D eigenvalue weighted by Gasteiger charge is -2.07. The van der Waals surface area contributed by atoms with Gasteiger partial charge in [0.25, 0.3) is 0 Å². The third kappa shape index (κ3) is 2.51. The summed E-state index contributed by atoms with van der Waals surface area (Å²) >= 11 is 6.22. The molecule has 3 aromatic rings. The Labute approximate surface area is 116 Å². The summed E-state index contributed by atoms with van der Waals surface area (Å²) in [5.74, 6) is 0. The zero-order valence-electron chi connectivity index (χ0n) is 10.2. The third-order valence-corrected chi connectivity index (χ3v) is 3.27. The Balaban J connectivity index is 1.98. The van der Waals surface area contributed by atoms with Crippen molar-refractivity contribution in [3.05, 3.63) is 71.4 Å². The number of rotatable bonds is 3. The van der Waals surface area contributed by atoms with Crippen LogP contribution in [0.1, 0.15) is 5.56 Å². The molecule has 4 heteroatoms. The van der Waals surface area contributed by atoms with E-state index < -0.39 is 0 Å². The molecule has 0 N–H and O–H groups in total. The van der Waals surface area contributed by atoms with E-state index in [0.29, 0.717) is 11.6 Å². The van der Waals surface area contributed by atoms with Crippen LogP contribution in [0.25, 0.3) is 11.3 Å². The minimum Gasteiger partial charge on any atom is -0.240 e. The quantitative estimate of drug-likeness (QED) is 0.727. The normalized spacial score (nSPS) is 10.6. The number of nitrogens with zero attached hydrogens (tertiary/aromatic N) is 3. The maximum absolute atomic E-state index is 6.22. The number of aromatic nitrogens is 3. The monoisotopic (exact) mass is 269 g/mol. The molecule has 0 aliphatic heterocycles. The number of halogens is 1. The Kier molecular flexibility index (Phi) is 3.29. The van der Waals surface area contributed by atoms with Crippen molar-refractivity contribution in [1.29, 1.82) is 0 Å². The molecule has 0 fully saturated rings. The summed E-state index contributed by atoms with van der Waals surface area (Å²) in [4.78, 5) is 0. The van der Waals surface area contributed by atoms with Crippen LogP contribution in [0.5, 0.6) is 0 Å². The molecule has 3 nitrogen and oxygen atoms in total. The lowest BCUT2D eigenvalue weighted by Crippen LogP contribution is -2.04. The molecule has 1 aromatic heterocycles. The second kappa shape index (κ2) is 5.24. The van der Waals surface area contributed by atoms with Gasteiger partial charge in [-0.2, -0.15) is 0 Å². The predicted molar refractivity (Wildman–Crippen MR) is 76.0 cm³/mol. The first-order valence-corrected chi connectivity index (χ1v) is 6.40. The maximum atomic E-state index is 6.22. The van der Waals surface area contributed by atoms with E-state index in [1.807, 2.05) is 47.1 Å². The van der Waals surface area contributed by atoms with Crippen LogP contribution >= 0.6 is 11.6 Å². The SMILES string of the molecule is Clc1ccccc1-c1cnnn1Cc1ccccc1. The van der Waals surface area contributed by atoms with Gasteiger partial charge in [-0.15, -0.1) is 5.10 Å². The van der Waals surface area contributed by atoms with Crippen LogP contribution in [-0.4, -0.2) is 15.0 Å². The molecule has 94 valence electrons. The fourth-order valence-electron chi connectivity index (χ4n) is 2.01. The zero-order valence-corrected chi connectivity index (χ0v) is 11.0. The summed E-state index contributed by atoms with van der Waals surface area (Å²) in [6.45, 7) is 0.682. The van der Waals surface area contributed by atoms with Gasteiger partial charge >= 0.3 is 0 Å². The van der Waals surface area contributed by atoms with Gasteiger partial charge in [0.1, 0.15) is 0 Å². The summed E-state index contributed by atoms with van der Waals surface area (Å²) < 4.78 is 1.86. The minimum atomic E-state index is 0.682. The first kappa shape index (κ1) is 11.9. The highest BCUT2D eigenvalue weighted by Gasteiger charge is 2.09. The van der Waals surface area contributed by atoms with Gasteiger partial charge in [-0.05, 0) is 11.6 Å². The highest BCUT2D eigenvalue weighted by Crippen LogP contribution is 2.26. The Bertz CT molecular complexity index is 677. The molecule has 0 bridgehead atoms. The molecule has 0 saturated heterocycles. The maximum Gasteiger partial charge on any atom is 0.0904 e. The van der Waals surface area contributed by atoms with Crippen LogP contribution in [0.15, 0.2) is 60.8 Å². The Morgan fingerprint density at radius 1 is 0.947 bits per heavy atom. The molecule has 2 aromatic carbocycles. The highest BCUT2D eigenvalue weighted by molar-refractivity contribution is 6.33. The first-order valence-electron chi connectivity index (χ1n) is 6.02. The molecule has 3 rings (SSSR count). The van der Waals surface area contributed by atoms with E-state index in [-0.39, 0.29) is 0 Å². The molecule has 0 spiro atoms. The molecule has 0 aliphatic carbocycles. The van der Waals surface area contributed by atoms with Gasteiger partial charge in [-0.25, -0.2) is 4.68 Å². The van der Waals surface area contributed by atoms with Crippen LogP contribution < -0.4 is 0 Å². The van der Waals surface area contributed by atoms with Crippen molar-refractivity contribution >= 4 is 11.6 Å². The van der Waals surface area contributed by atoms with E-state index in [9.17, 15) is 0 Å². The topological polar surface area (TPSA) is 30.7 Å². The summed E-state index contributed by atoms with van der Waals surface area (Å²) in [6, 6.07) is 17.9. The van der Waals surface area contributed by atoms with Gasteiger partial charge < -0.3 is 0 Å². The minimum absolute atomic E-state index is 0.682. The van der Waals surface area contributed by atoms with Crippen molar-refractivity contribution in [2.45, 2.75) is 6.54 Å². The van der Waals surface area contributed by atoms with Crippen molar-refractivity contribution in [2.24, 2.45) is 0 Å². The lowest BCUT2D eigenvalue weighted by atomic mass is 10.1. The van der Waals surface area contributed by atoms with Gasteiger partial charge in [-0.3, -0.25) is 0 Å². The molecule has 0 aliphatic rings. The predicted octanol–water partition coefficient (Wildman–Crippen LogP) is 3.65. The van der Waals surface area contributed by atoms with Crippen LogP contribution in [0.2, 0.25) is 5.02 Å². The van der Waals surface area contributed by atoms with Crippen LogP contribution in [0.4, 0.5) is 0 Å². The van der Waals surface area contributed by atoms with Crippen molar-refractivity contribution in [3.8, 4) is 11.3 Å². The van der Waals surface area contributed by atoms with E-state index in [1.165, 1.54) is 5.56 Å². The van der Waals surface area contributed by atoms with Crippen molar-refractivity contribution in [3.63, 3.8) is 0 Å². The van der Waals surface area contributed by atoms with Gasteiger partial charge in [0.05, 0.1) is 23.5 Å². The summed E-state index contributed by atoms with van der Waals surface area (Å²) in [5.41, 5.74) is 3.06. The molecular weight excluding hydrogens is 258 g/mol. The smallest absolute Gasteiger partial charge is 0.0904 e. The second-order valence-electron chi connectivity index (χ2n) is 4.24. The number of benzene rings is 2. The number of hydrogen-bond acceptors (Lipinski definition) is 2. The average Bonchev–Trinajstić information content (AvgIpc) is 2.88. The summed E-state index contributed by atoms with van der Waals surface area (Å²) in [7, 11) is 0. The van der Waals surface area contributed by atoms with E-state index >= 15 is 0 Å². The Hall–Kier alpha value is -2.13. The molecule has 0 unspecified atom stereocenters. The zero-order chi connectivity index (χ0) is 13.1. The molecule has 0 atom stereocenters. The lowest BCUT2D eigenvalue weighted by molar-refractivity contribution is 0.655. The van der Waals surface area contributed by atoms with Crippen molar-refractivity contribution in [1.82, 2.24) is 15.0 Å². The summed E-state index contributed by atoms with van der Waals surface area (Å²) in [5, 5.41) is 8.83. The first-order chi connectivity index (χ1) is 9.34. The Morgan fingerprint density at radius 2 is 1.68 bits per heavy atom. The van der Waals surface area contributed by atoms with Crippen molar-refractivity contribution < 1.29 is 0 Å². The van der Waals surface area contributed by atoms with Crippen LogP contribution in [0.3, 0.4) is 0 Å². The molecule has 1 heterocycles. The molecule has 0 saturated carbocycles. The third-order valence-electron chi connectivity index (χ3n) is 2.94. The largest absolute Gasteiger partial charge is 0.240 e. The Morgan fingerprint density at radius 3 is 2.47 bits per heavy atom. The molecule has 19 heavy (non-hydrogen) atoms. The summed E-state index contributed by atoms with van der Waals surface area (Å²) in [6.07, 6.45) is 1.74. The molecule has 0 radical (unpaired) electrons. The van der Waals surface area contributed by atoms with Crippen LogP contribution in [-0.2, 0) is 6.54 Å². The highest BCUT2D eigenvalue weighted by atomic mass is 35.5. The fourth-order valence-corrected chi connectivity index (χ4v) is 2.24. The van der Waals surface area contributed by atoms with E-state index in [2.05, 4.69) is 22.4 Å². The van der Waals surface area contributed by atoms with E-state index in [1.54, 1.807) is 6.20 Å². The number of hydrogen-bond donors (Lipinski definition) is 0. The van der Waals surface area contributed by atoms with Gasteiger partial charge in [0, 0.05) is 5.56 Å². The van der Waals surface area contributed by atoms with E-state index in [4.69, 9.17) is 11.6 Å². The fraction of sp³-hybridized carbons (Fsp3) is 0.0667.